The van der Waals surface area contributed by atoms with Gasteiger partial charge >= 0.3 is 0 Å². The molecule has 0 aromatic carbocycles. The van der Waals surface area contributed by atoms with Crippen LogP contribution >= 0.6 is 0 Å². The van der Waals surface area contributed by atoms with Gasteiger partial charge in [-0.3, -0.25) is 14.6 Å². The summed E-state index contributed by atoms with van der Waals surface area (Å²) in [6, 6.07) is 5.33. The number of hydrogen-bond acceptors (Lipinski definition) is 5. The molecule has 132 valence electrons. The van der Waals surface area contributed by atoms with Crippen molar-refractivity contribution < 1.29 is 4.79 Å². The molecule has 0 radical (unpaired) electrons. The number of pyridine rings is 1. The highest BCUT2D eigenvalue weighted by molar-refractivity contribution is 5.92. The van der Waals surface area contributed by atoms with Crippen molar-refractivity contribution in [1.82, 2.24) is 20.3 Å². The van der Waals surface area contributed by atoms with Gasteiger partial charge in [-0.2, -0.15) is 0 Å². The minimum absolute atomic E-state index is 0.0999. The monoisotopic (exact) mass is 341 g/mol. The van der Waals surface area contributed by atoms with Gasteiger partial charge in [0.25, 0.3) is 11.5 Å². The first-order valence-corrected chi connectivity index (χ1v) is 8.50. The third-order valence-electron chi connectivity index (χ3n) is 4.32. The number of anilines is 1. The van der Waals surface area contributed by atoms with Crippen LogP contribution in [0.1, 0.15) is 40.3 Å². The normalized spacial score (nSPS) is 15.2. The molecule has 1 aliphatic rings. The molecule has 2 aromatic rings. The van der Waals surface area contributed by atoms with Crippen molar-refractivity contribution in [3.63, 3.8) is 0 Å². The molecule has 0 bridgehead atoms. The highest BCUT2D eigenvalue weighted by Crippen LogP contribution is 2.16. The number of amides is 1. The van der Waals surface area contributed by atoms with Gasteiger partial charge in [-0.25, -0.2) is 9.97 Å². The van der Waals surface area contributed by atoms with Crippen LogP contribution in [0.4, 0.5) is 5.95 Å². The van der Waals surface area contributed by atoms with Crippen molar-refractivity contribution in [2.24, 2.45) is 0 Å². The van der Waals surface area contributed by atoms with E-state index in [-0.39, 0.29) is 17.5 Å². The first kappa shape index (κ1) is 17.1. The molecule has 0 spiro atoms. The zero-order valence-corrected chi connectivity index (χ0v) is 14.8. The molecule has 0 aliphatic carbocycles. The third-order valence-corrected chi connectivity index (χ3v) is 4.32. The predicted octanol–water partition coefficient (Wildman–Crippen LogP) is 1.49. The number of nitrogens with zero attached hydrogens (tertiary/aromatic N) is 3. The number of nitrogens with one attached hydrogen (secondary N) is 2. The molecule has 7 heteroatoms. The van der Waals surface area contributed by atoms with Crippen LogP contribution in [0.25, 0.3) is 0 Å². The Morgan fingerprint density at radius 3 is 2.44 bits per heavy atom. The Morgan fingerprint density at radius 1 is 1.12 bits per heavy atom. The lowest BCUT2D eigenvalue weighted by molar-refractivity contribution is 0.0925. The number of aromatic amines is 1. The van der Waals surface area contributed by atoms with Gasteiger partial charge in [-0.05, 0) is 51.3 Å². The van der Waals surface area contributed by atoms with Gasteiger partial charge in [0.15, 0.2) is 0 Å². The van der Waals surface area contributed by atoms with Crippen LogP contribution in [0.5, 0.6) is 0 Å². The summed E-state index contributed by atoms with van der Waals surface area (Å²) in [6.45, 7) is 7.12. The molecule has 1 aliphatic heterocycles. The van der Waals surface area contributed by atoms with E-state index in [0.29, 0.717) is 17.3 Å². The SMILES string of the molecule is Cc1cc(C)nc(C(=O)NC2CCN(c3nc(C)cc(=O)[nH]3)CC2)c1. The molecule has 1 saturated heterocycles. The van der Waals surface area contributed by atoms with Gasteiger partial charge in [0.1, 0.15) is 5.69 Å². The van der Waals surface area contributed by atoms with Crippen LogP contribution in [0.3, 0.4) is 0 Å². The van der Waals surface area contributed by atoms with Crippen molar-refractivity contribution in [2.75, 3.05) is 18.0 Å². The molecule has 0 unspecified atom stereocenters. The van der Waals surface area contributed by atoms with E-state index in [9.17, 15) is 9.59 Å². The molecule has 7 nitrogen and oxygen atoms in total. The second-order valence-electron chi connectivity index (χ2n) is 6.62. The van der Waals surface area contributed by atoms with Gasteiger partial charge in [0.05, 0.1) is 0 Å². The van der Waals surface area contributed by atoms with E-state index >= 15 is 0 Å². The Labute approximate surface area is 146 Å². The highest BCUT2D eigenvalue weighted by atomic mass is 16.2. The number of carbonyl (C=O) groups is 1. The number of aromatic nitrogens is 3. The Balaban J connectivity index is 1.60. The summed E-state index contributed by atoms with van der Waals surface area (Å²) < 4.78 is 0. The summed E-state index contributed by atoms with van der Waals surface area (Å²) in [5.74, 6) is 0.470. The second kappa shape index (κ2) is 7.04. The van der Waals surface area contributed by atoms with Crippen LogP contribution in [-0.4, -0.2) is 40.0 Å². The smallest absolute Gasteiger partial charge is 0.270 e. The summed E-state index contributed by atoms with van der Waals surface area (Å²) in [4.78, 5) is 37.5. The average molecular weight is 341 g/mol. The van der Waals surface area contributed by atoms with Crippen molar-refractivity contribution >= 4 is 11.9 Å². The van der Waals surface area contributed by atoms with Gasteiger partial charge in [0.2, 0.25) is 5.95 Å². The molecule has 0 saturated carbocycles. The fourth-order valence-corrected chi connectivity index (χ4v) is 3.17. The van der Waals surface area contributed by atoms with Gasteiger partial charge in [-0.1, -0.05) is 0 Å². The van der Waals surface area contributed by atoms with Crippen LogP contribution in [0, 0.1) is 20.8 Å². The summed E-state index contributed by atoms with van der Waals surface area (Å²) in [5.41, 5.74) is 2.90. The Hall–Kier alpha value is -2.70. The third kappa shape index (κ3) is 4.23. The molecular weight excluding hydrogens is 318 g/mol. The number of piperidine rings is 1. The Morgan fingerprint density at radius 2 is 1.80 bits per heavy atom. The quantitative estimate of drug-likeness (QED) is 0.883. The van der Waals surface area contributed by atoms with E-state index < -0.39 is 0 Å². The molecule has 25 heavy (non-hydrogen) atoms. The Bertz CT molecular complexity index is 817. The maximum Gasteiger partial charge on any atom is 0.270 e. The molecule has 3 rings (SSSR count). The standard InChI is InChI=1S/C18H23N5O2/c1-11-8-12(2)19-15(9-11)17(25)21-14-4-6-23(7-5-14)18-20-13(3)10-16(24)22-18/h8-10,14H,4-7H2,1-3H3,(H,21,25)(H,20,22,24). The van der Waals surface area contributed by atoms with E-state index in [4.69, 9.17) is 0 Å². The van der Waals surface area contributed by atoms with E-state index in [1.165, 1.54) is 6.07 Å². The topological polar surface area (TPSA) is 91.0 Å². The van der Waals surface area contributed by atoms with Gasteiger partial charge < -0.3 is 10.2 Å². The summed E-state index contributed by atoms with van der Waals surface area (Å²) >= 11 is 0. The number of aryl methyl sites for hydroxylation is 3. The fraction of sp³-hybridized carbons (Fsp3) is 0.444. The summed E-state index contributed by atoms with van der Waals surface area (Å²) in [6.07, 6.45) is 1.60. The van der Waals surface area contributed by atoms with Crippen molar-refractivity contribution in [2.45, 2.75) is 39.7 Å². The van der Waals surface area contributed by atoms with Crippen LogP contribution in [0.2, 0.25) is 0 Å². The first-order valence-electron chi connectivity index (χ1n) is 8.50. The molecule has 3 heterocycles. The minimum Gasteiger partial charge on any atom is -0.348 e. The van der Waals surface area contributed by atoms with Crippen LogP contribution in [0.15, 0.2) is 23.0 Å². The number of rotatable bonds is 3. The van der Waals surface area contributed by atoms with E-state index in [2.05, 4.69) is 20.3 Å². The number of H-pyrrole nitrogens is 1. The fourth-order valence-electron chi connectivity index (χ4n) is 3.17. The van der Waals surface area contributed by atoms with Crippen LogP contribution < -0.4 is 15.8 Å². The molecular formula is C18H23N5O2. The summed E-state index contributed by atoms with van der Waals surface area (Å²) in [7, 11) is 0. The lowest BCUT2D eigenvalue weighted by Crippen LogP contribution is -2.45. The maximum atomic E-state index is 12.4. The maximum absolute atomic E-state index is 12.4. The van der Waals surface area contributed by atoms with E-state index in [1.807, 2.05) is 31.7 Å². The average Bonchev–Trinajstić information content (AvgIpc) is 2.53. The first-order chi connectivity index (χ1) is 11.9. The lowest BCUT2D eigenvalue weighted by atomic mass is 10.0. The highest BCUT2D eigenvalue weighted by Gasteiger charge is 2.23. The van der Waals surface area contributed by atoms with Crippen LogP contribution in [-0.2, 0) is 0 Å². The van der Waals surface area contributed by atoms with Gasteiger partial charge in [-0.15, -0.1) is 0 Å². The zero-order valence-electron chi connectivity index (χ0n) is 14.8. The largest absolute Gasteiger partial charge is 0.348 e. The predicted molar refractivity (Wildman–Crippen MR) is 96.0 cm³/mol. The molecule has 1 fully saturated rings. The molecule has 2 N–H and O–H groups in total. The van der Waals surface area contributed by atoms with Crippen molar-refractivity contribution in [3.05, 3.63) is 51.2 Å². The molecule has 2 aromatic heterocycles. The molecule has 0 atom stereocenters. The van der Waals surface area contributed by atoms with Crippen molar-refractivity contribution in [3.8, 4) is 0 Å². The van der Waals surface area contributed by atoms with E-state index in [1.54, 1.807) is 6.07 Å². The van der Waals surface area contributed by atoms with Crippen molar-refractivity contribution in [1.29, 1.82) is 0 Å². The number of hydrogen-bond donors (Lipinski definition) is 2. The lowest BCUT2D eigenvalue weighted by Gasteiger charge is -2.32. The molecule has 1 amide bonds. The van der Waals surface area contributed by atoms with E-state index in [0.717, 1.165) is 37.2 Å². The Kier molecular flexibility index (Phi) is 4.83. The summed E-state index contributed by atoms with van der Waals surface area (Å²) in [5, 5.41) is 3.06. The van der Waals surface area contributed by atoms with Gasteiger partial charge in [0, 0.05) is 36.6 Å². The zero-order chi connectivity index (χ0) is 18.0. The number of carbonyl (C=O) groups excluding carboxylic acids is 1. The minimum atomic E-state index is -0.140. The second-order valence-corrected chi connectivity index (χ2v) is 6.62.